The zero-order valence-electron chi connectivity index (χ0n) is 16.4. The number of anilines is 1. The molecule has 3 aromatic rings. The molecule has 2 heterocycles. The predicted octanol–water partition coefficient (Wildman–Crippen LogP) is 4.56. The van der Waals surface area contributed by atoms with E-state index in [1.165, 1.54) is 0 Å². The van der Waals surface area contributed by atoms with Gasteiger partial charge in [-0.3, -0.25) is 0 Å². The molecule has 0 N–H and O–H groups in total. The lowest BCUT2D eigenvalue weighted by atomic mass is 10.1. The molecule has 0 aliphatic carbocycles. The maximum Gasteiger partial charge on any atom is 0.236 e. The van der Waals surface area contributed by atoms with Gasteiger partial charge in [-0.1, -0.05) is 18.2 Å². The van der Waals surface area contributed by atoms with E-state index in [2.05, 4.69) is 4.98 Å². The number of rotatable bonds is 6. The number of hydrogen-bond donors (Lipinski definition) is 0. The first-order valence-electron chi connectivity index (χ1n) is 9.89. The van der Waals surface area contributed by atoms with Gasteiger partial charge < -0.3 is 14.1 Å². The summed E-state index contributed by atoms with van der Waals surface area (Å²) in [6, 6.07) is 15.8. The molecule has 152 valence electrons. The van der Waals surface area contributed by atoms with Gasteiger partial charge in [0, 0.05) is 18.7 Å². The number of hydrogen-bond acceptors (Lipinski definition) is 6. The van der Waals surface area contributed by atoms with Gasteiger partial charge in [-0.25, -0.2) is 8.42 Å². The van der Waals surface area contributed by atoms with E-state index in [-0.39, 0.29) is 9.92 Å². The van der Waals surface area contributed by atoms with Crippen LogP contribution >= 0.6 is 0 Å². The van der Waals surface area contributed by atoms with Crippen LogP contribution in [0.15, 0.2) is 68.9 Å². The van der Waals surface area contributed by atoms with Crippen LogP contribution in [0.4, 0.5) is 5.88 Å². The second kappa shape index (κ2) is 8.29. The molecule has 0 radical (unpaired) electrons. The molecule has 1 aliphatic heterocycles. The number of aromatic nitrogens is 1. The van der Waals surface area contributed by atoms with Gasteiger partial charge in [0.15, 0.2) is 0 Å². The number of ether oxygens (including phenoxy) is 1. The van der Waals surface area contributed by atoms with E-state index in [1.807, 2.05) is 42.2 Å². The highest BCUT2D eigenvalue weighted by atomic mass is 32.2. The Balaban J connectivity index is 1.78. The van der Waals surface area contributed by atoms with E-state index < -0.39 is 9.84 Å². The van der Waals surface area contributed by atoms with Gasteiger partial charge in [0.1, 0.15) is 5.75 Å². The van der Waals surface area contributed by atoms with Gasteiger partial charge in [0.25, 0.3) is 0 Å². The molecule has 2 aromatic carbocycles. The molecule has 4 rings (SSSR count). The minimum Gasteiger partial charge on any atom is -0.494 e. The second-order valence-corrected chi connectivity index (χ2v) is 8.82. The Morgan fingerprint density at radius 1 is 1.00 bits per heavy atom. The van der Waals surface area contributed by atoms with Crippen molar-refractivity contribution in [2.45, 2.75) is 36.1 Å². The fourth-order valence-corrected chi connectivity index (χ4v) is 4.79. The Morgan fingerprint density at radius 2 is 1.69 bits per heavy atom. The summed E-state index contributed by atoms with van der Waals surface area (Å²) in [5.74, 6) is 1.28. The number of oxazole rings is 1. The number of benzene rings is 2. The van der Waals surface area contributed by atoms with Crippen molar-refractivity contribution in [3.8, 4) is 17.2 Å². The summed E-state index contributed by atoms with van der Waals surface area (Å²) in [7, 11) is -3.84. The fraction of sp³-hybridized carbons (Fsp3) is 0.318. The maximum absolute atomic E-state index is 13.4. The van der Waals surface area contributed by atoms with Crippen molar-refractivity contribution in [1.29, 1.82) is 0 Å². The number of piperidine rings is 1. The average molecular weight is 413 g/mol. The standard InChI is InChI=1S/C22H24N2O4S/c1-2-27-18-11-13-19(14-12-18)29(25,26)21-22(24-15-7-4-8-16-24)28-20(23-21)17-9-5-3-6-10-17/h3,5-6,9-14H,2,4,7-8,15-16H2,1H3. The molecule has 29 heavy (non-hydrogen) atoms. The van der Waals surface area contributed by atoms with Crippen LogP contribution in [0.2, 0.25) is 0 Å². The van der Waals surface area contributed by atoms with E-state index in [0.29, 0.717) is 24.1 Å². The van der Waals surface area contributed by atoms with E-state index in [0.717, 1.165) is 37.9 Å². The molecule has 0 bridgehead atoms. The van der Waals surface area contributed by atoms with Crippen molar-refractivity contribution in [3.63, 3.8) is 0 Å². The highest BCUT2D eigenvalue weighted by molar-refractivity contribution is 7.91. The molecule has 0 spiro atoms. The van der Waals surface area contributed by atoms with Crippen molar-refractivity contribution >= 4 is 15.7 Å². The predicted molar refractivity (Wildman–Crippen MR) is 111 cm³/mol. The van der Waals surface area contributed by atoms with Gasteiger partial charge in [-0.15, -0.1) is 0 Å². The largest absolute Gasteiger partial charge is 0.494 e. The summed E-state index contributed by atoms with van der Waals surface area (Å²) >= 11 is 0. The molecule has 6 nitrogen and oxygen atoms in total. The number of nitrogens with zero attached hydrogens (tertiary/aromatic N) is 2. The summed E-state index contributed by atoms with van der Waals surface area (Å²) in [5.41, 5.74) is 0.749. The minimum atomic E-state index is -3.84. The Bertz CT molecular complexity index is 1050. The molecule has 0 amide bonds. The van der Waals surface area contributed by atoms with Crippen molar-refractivity contribution in [2.75, 3.05) is 24.6 Å². The van der Waals surface area contributed by atoms with Gasteiger partial charge in [-0.05, 0) is 62.6 Å². The highest BCUT2D eigenvalue weighted by Gasteiger charge is 2.32. The summed E-state index contributed by atoms with van der Waals surface area (Å²) in [5, 5.41) is -0.0255. The molecule has 1 saturated heterocycles. The molecule has 0 atom stereocenters. The van der Waals surface area contributed by atoms with Crippen LogP contribution in [-0.4, -0.2) is 33.1 Å². The van der Waals surface area contributed by atoms with Crippen LogP contribution in [0, 0.1) is 0 Å². The van der Waals surface area contributed by atoms with E-state index in [4.69, 9.17) is 9.15 Å². The summed E-state index contributed by atoms with van der Waals surface area (Å²) < 4.78 is 38.3. The second-order valence-electron chi connectivity index (χ2n) is 6.95. The van der Waals surface area contributed by atoms with Crippen molar-refractivity contribution in [3.05, 3.63) is 54.6 Å². The first-order chi connectivity index (χ1) is 14.1. The first kappa shape index (κ1) is 19.5. The number of sulfone groups is 1. The quantitative estimate of drug-likeness (QED) is 0.591. The van der Waals surface area contributed by atoms with Crippen LogP contribution in [0.25, 0.3) is 11.5 Å². The van der Waals surface area contributed by atoms with Crippen LogP contribution in [-0.2, 0) is 9.84 Å². The van der Waals surface area contributed by atoms with Gasteiger partial charge >= 0.3 is 0 Å². The smallest absolute Gasteiger partial charge is 0.236 e. The van der Waals surface area contributed by atoms with E-state index >= 15 is 0 Å². The third-order valence-corrected chi connectivity index (χ3v) is 6.61. The lowest BCUT2D eigenvalue weighted by molar-refractivity contribution is 0.340. The molecular weight excluding hydrogens is 388 g/mol. The molecular formula is C22H24N2O4S. The Labute approximate surface area is 171 Å². The van der Waals surface area contributed by atoms with Gasteiger partial charge in [0.05, 0.1) is 11.5 Å². The Kier molecular flexibility index (Phi) is 5.58. The fourth-order valence-electron chi connectivity index (χ4n) is 3.47. The summed E-state index contributed by atoms with van der Waals surface area (Å²) in [4.78, 5) is 6.60. The van der Waals surface area contributed by atoms with Crippen LogP contribution in [0.3, 0.4) is 0 Å². The van der Waals surface area contributed by atoms with Gasteiger partial charge in [0.2, 0.25) is 26.6 Å². The minimum absolute atomic E-state index is 0.0255. The molecule has 1 aliphatic rings. The molecule has 0 saturated carbocycles. The van der Waals surface area contributed by atoms with Crippen LogP contribution in [0.5, 0.6) is 5.75 Å². The third kappa shape index (κ3) is 4.00. The normalized spacial score (nSPS) is 14.7. The lowest BCUT2D eigenvalue weighted by Gasteiger charge is -2.26. The zero-order valence-corrected chi connectivity index (χ0v) is 17.2. The van der Waals surface area contributed by atoms with E-state index in [9.17, 15) is 8.42 Å². The average Bonchev–Trinajstić information content (AvgIpc) is 3.22. The Morgan fingerprint density at radius 3 is 2.34 bits per heavy atom. The third-order valence-electron chi connectivity index (χ3n) is 4.94. The van der Waals surface area contributed by atoms with Crippen molar-refractivity contribution in [2.24, 2.45) is 0 Å². The monoisotopic (exact) mass is 412 g/mol. The van der Waals surface area contributed by atoms with Crippen molar-refractivity contribution < 1.29 is 17.6 Å². The first-order valence-corrected chi connectivity index (χ1v) is 11.4. The summed E-state index contributed by atoms with van der Waals surface area (Å²) in [6.45, 7) is 3.93. The maximum atomic E-state index is 13.4. The topological polar surface area (TPSA) is 72.6 Å². The zero-order chi connectivity index (χ0) is 20.3. The SMILES string of the molecule is CCOc1ccc(S(=O)(=O)c2nc(-c3ccccc3)oc2N2CCCCC2)cc1. The molecule has 1 aromatic heterocycles. The van der Waals surface area contributed by atoms with Crippen LogP contribution < -0.4 is 9.64 Å². The van der Waals surface area contributed by atoms with Crippen molar-refractivity contribution in [1.82, 2.24) is 4.98 Å². The molecule has 7 heteroatoms. The van der Waals surface area contributed by atoms with Gasteiger partial charge in [-0.2, -0.15) is 4.98 Å². The van der Waals surface area contributed by atoms with Crippen LogP contribution in [0.1, 0.15) is 26.2 Å². The highest BCUT2D eigenvalue weighted by Crippen LogP contribution is 2.36. The van der Waals surface area contributed by atoms with E-state index in [1.54, 1.807) is 24.3 Å². The molecule has 0 unspecified atom stereocenters. The lowest BCUT2D eigenvalue weighted by Crippen LogP contribution is -2.30. The Hall–Kier alpha value is -2.80. The summed E-state index contributed by atoms with van der Waals surface area (Å²) in [6.07, 6.45) is 3.14. The molecule has 1 fully saturated rings.